The molecule has 2 aromatic rings. The topological polar surface area (TPSA) is 82.1 Å². The summed E-state index contributed by atoms with van der Waals surface area (Å²) in [5, 5.41) is 10.3. The Morgan fingerprint density at radius 2 is 1.70 bits per heavy atom. The predicted octanol–water partition coefficient (Wildman–Crippen LogP) is 7.32. The number of esters is 1. The molecule has 0 saturated heterocycles. The van der Waals surface area contributed by atoms with Gasteiger partial charge >= 0.3 is 11.9 Å². The highest BCUT2D eigenvalue weighted by atomic mass is 19.1. The van der Waals surface area contributed by atoms with Crippen LogP contribution in [0.5, 0.6) is 5.75 Å². The van der Waals surface area contributed by atoms with Gasteiger partial charge in [-0.15, -0.1) is 0 Å². The van der Waals surface area contributed by atoms with Crippen molar-refractivity contribution in [3.05, 3.63) is 83.4 Å². The van der Waals surface area contributed by atoms with Crippen LogP contribution in [0.4, 0.5) is 4.39 Å². The van der Waals surface area contributed by atoms with Gasteiger partial charge in [-0.2, -0.15) is 0 Å². The molecule has 6 nitrogen and oxygen atoms in total. The number of halogens is 1. The van der Waals surface area contributed by atoms with Gasteiger partial charge in [-0.05, 0) is 73.6 Å². The van der Waals surface area contributed by atoms with E-state index in [2.05, 4.69) is 6.92 Å². The molecule has 40 heavy (non-hydrogen) atoms. The molecule has 3 atom stereocenters. The van der Waals surface area contributed by atoms with Crippen molar-refractivity contribution >= 4 is 17.5 Å². The number of methoxy groups -OCH3 is 1. The highest BCUT2D eigenvalue weighted by Crippen LogP contribution is 2.41. The average Bonchev–Trinajstić information content (AvgIpc) is 2.96. The summed E-state index contributed by atoms with van der Waals surface area (Å²) in [7, 11) is 1.70. The molecule has 3 unspecified atom stereocenters. The second-order valence-corrected chi connectivity index (χ2v) is 10.2. The van der Waals surface area contributed by atoms with Crippen molar-refractivity contribution in [2.75, 3.05) is 20.3 Å². The third-order valence-electron chi connectivity index (χ3n) is 7.20. The molecule has 0 saturated carbocycles. The molecular formula is C33H41FO6. The summed E-state index contributed by atoms with van der Waals surface area (Å²) in [4.78, 5) is 25.6. The van der Waals surface area contributed by atoms with Gasteiger partial charge in [0, 0.05) is 13.7 Å². The maximum Gasteiger partial charge on any atom is 0.338 e. The fourth-order valence-corrected chi connectivity index (χ4v) is 4.85. The van der Waals surface area contributed by atoms with Gasteiger partial charge in [-0.3, -0.25) is 4.79 Å². The first-order chi connectivity index (χ1) is 19.3. The Hall–Kier alpha value is -3.45. The van der Waals surface area contributed by atoms with E-state index in [1.165, 1.54) is 24.3 Å². The number of ether oxygens (including phenoxy) is 3. The van der Waals surface area contributed by atoms with E-state index in [4.69, 9.17) is 14.2 Å². The van der Waals surface area contributed by atoms with Crippen LogP contribution >= 0.6 is 0 Å². The fraction of sp³-hybridized carbons (Fsp3) is 0.455. The van der Waals surface area contributed by atoms with Crippen LogP contribution in [0.1, 0.15) is 80.3 Å². The van der Waals surface area contributed by atoms with Crippen LogP contribution in [-0.4, -0.2) is 49.6 Å². The van der Waals surface area contributed by atoms with Gasteiger partial charge in [0.15, 0.2) is 0 Å². The summed E-state index contributed by atoms with van der Waals surface area (Å²) in [6, 6.07) is 13.5. The minimum absolute atomic E-state index is 0.0533. The van der Waals surface area contributed by atoms with Crippen molar-refractivity contribution < 1.29 is 33.3 Å². The zero-order chi connectivity index (χ0) is 29.0. The van der Waals surface area contributed by atoms with Gasteiger partial charge in [0.1, 0.15) is 17.3 Å². The number of hydrogen-bond acceptors (Lipinski definition) is 5. The summed E-state index contributed by atoms with van der Waals surface area (Å²) in [6.07, 6.45) is 8.74. The Morgan fingerprint density at radius 1 is 1.00 bits per heavy atom. The standard InChI is InChI=1S/C33H41FO6/c1-4-5-12-24(2)40-31(35)28-13-8-9-14-29(28)33(32(36)37)20-19-26(23-30(33)34)25-15-17-27(18-16-25)39-22-11-7-6-10-21-38-3/h8-9,13-20,23-24,30H,4-7,10-12,21-22H2,1-3H3,(H,36,37). The Bertz CT molecular complexity index is 1170. The van der Waals surface area contributed by atoms with E-state index in [1.807, 2.05) is 24.3 Å². The SMILES string of the molecule is CCCCC(C)OC(=O)c1ccccc1C1(C(=O)O)C=CC(c2ccc(OCCCCCCOC)cc2)=CC1F. The Kier molecular flexibility index (Phi) is 11.9. The quantitative estimate of drug-likeness (QED) is 0.174. The van der Waals surface area contributed by atoms with Crippen LogP contribution in [0.15, 0.2) is 66.8 Å². The largest absolute Gasteiger partial charge is 0.494 e. The smallest absolute Gasteiger partial charge is 0.338 e. The third kappa shape index (κ3) is 7.81. The molecule has 3 rings (SSSR count). The molecule has 1 aliphatic rings. The van der Waals surface area contributed by atoms with Crippen molar-refractivity contribution in [3.63, 3.8) is 0 Å². The summed E-state index contributed by atoms with van der Waals surface area (Å²) >= 11 is 0. The first-order valence-electron chi connectivity index (χ1n) is 14.1. The maximum atomic E-state index is 16.0. The van der Waals surface area contributed by atoms with Crippen LogP contribution < -0.4 is 4.74 Å². The third-order valence-corrected chi connectivity index (χ3v) is 7.20. The first kappa shape index (κ1) is 31.1. The molecule has 0 aliphatic heterocycles. The highest BCUT2D eigenvalue weighted by Gasteiger charge is 2.49. The predicted molar refractivity (Wildman–Crippen MR) is 154 cm³/mol. The van der Waals surface area contributed by atoms with E-state index >= 15 is 4.39 Å². The minimum atomic E-state index is -2.06. The van der Waals surface area contributed by atoms with Gasteiger partial charge in [0.25, 0.3) is 0 Å². The van der Waals surface area contributed by atoms with Gasteiger partial charge in [-0.25, -0.2) is 9.18 Å². The lowest BCUT2D eigenvalue weighted by Crippen LogP contribution is -2.44. The molecule has 0 heterocycles. The number of alkyl halides is 1. The van der Waals surface area contributed by atoms with E-state index in [-0.39, 0.29) is 17.2 Å². The maximum absolute atomic E-state index is 16.0. The molecule has 0 aromatic heterocycles. The van der Waals surface area contributed by atoms with Gasteiger partial charge < -0.3 is 19.3 Å². The number of carbonyl (C=O) groups is 2. The monoisotopic (exact) mass is 552 g/mol. The second kappa shape index (κ2) is 15.4. The van der Waals surface area contributed by atoms with Crippen molar-refractivity contribution in [1.82, 2.24) is 0 Å². The number of hydrogen-bond donors (Lipinski definition) is 1. The number of carbonyl (C=O) groups excluding carboxylic acids is 1. The molecule has 216 valence electrons. The van der Waals surface area contributed by atoms with Crippen LogP contribution in [0, 0.1) is 0 Å². The zero-order valence-corrected chi connectivity index (χ0v) is 23.7. The lowest BCUT2D eigenvalue weighted by atomic mass is 9.71. The van der Waals surface area contributed by atoms with Crippen molar-refractivity contribution in [2.24, 2.45) is 0 Å². The molecule has 0 spiro atoms. The summed E-state index contributed by atoms with van der Waals surface area (Å²) in [6.45, 7) is 5.24. The molecule has 0 bridgehead atoms. The molecule has 0 amide bonds. The molecule has 2 aromatic carbocycles. The fourth-order valence-electron chi connectivity index (χ4n) is 4.85. The van der Waals surface area contributed by atoms with Crippen LogP contribution in [0.25, 0.3) is 5.57 Å². The van der Waals surface area contributed by atoms with Gasteiger partial charge in [-0.1, -0.05) is 68.7 Å². The molecule has 1 N–H and O–H groups in total. The lowest BCUT2D eigenvalue weighted by Gasteiger charge is -2.33. The second-order valence-electron chi connectivity index (χ2n) is 10.2. The molecule has 0 fully saturated rings. The summed E-state index contributed by atoms with van der Waals surface area (Å²) < 4.78 is 32.4. The number of aliphatic carboxylic acids is 1. The molecule has 7 heteroatoms. The lowest BCUT2D eigenvalue weighted by molar-refractivity contribution is -0.143. The Balaban J connectivity index is 1.74. The van der Waals surface area contributed by atoms with Crippen LogP contribution in [-0.2, 0) is 19.7 Å². The van der Waals surface area contributed by atoms with Gasteiger partial charge in [0.2, 0.25) is 0 Å². The van der Waals surface area contributed by atoms with E-state index in [0.29, 0.717) is 18.6 Å². The average molecular weight is 553 g/mol. The number of unbranched alkanes of at least 4 members (excludes halogenated alkanes) is 4. The number of allylic oxidation sites excluding steroid dienone is 3. The summed E-state index contributed by atoms with van der Waals surface area (Å²) in [5.74, 6) is -1.31. The van der Waals surface area contributed by atoms with E-state index in [9.17, 15) is 14.7 Å². The van der Waals surface area contributed by atoms with E-state index < -0.39 is 23.5 Å². The van der Waals surface area contributed by atoms with Crippen molar-refractivity contribution in [1.29, 1.82) is 0 Å². The summed E-state index contributed by atoms with van der Waals surface area (Å²) in [5.41, 5.74) is -0.639. The van der Waals surface area contributed by atoms with Crippen molar-refractivity contribution in [3.8, 4) is 5.75 Å². The molecule has 1 aliphatic carbocycles. The zero-order valence-electron chi connectivity index (χ0n) is 23.7. The highest BCUT2D eigenvalue weighted by molar-refractivity contribution is 5.97. The molecular weight excluding hydrogens is 511 g/mol. The van der Waals surface area contributed by atoms with E-state index in [0.717, 1.165) is 56.4 Å². The van der Waals surface area contributed by atoms with Crippen LogP contribution in [0.2, 0.25) is 0 Å². The number of rotatable bonds is 16. The Morgan fingerprint density at radius 3 is 2.35 bits per heavy atom. The number of carboxylic acid groups (broad SMARTS) is 1. The van der Waals surface area contributed by atoms with Crippen molar-refractivity contribution in [2.45, 2.75) is 76.5 Å². The minimum Gasteiger partial charge on any atom is -0.494 e. The molecule has 0 radical (unpaired) electrons. The van der Waals surface area contributed by atoms with Crippen LogP contribution in [0.3, 0.4) is 0 Å². The number of benzene rings is 2. The first-order valence-corrected chi connectivity index (χ1v) is 14.1. The van der Waals surface area contributed by atoms with Gasteiger partial charge in [0.05, 0.1) is 18.3 Å². The number of carboxylic acids is 1. The Labute approximate surface area is 236 Å². The van der Waals surface area contributed by atoms with E-state index in [1.54, 1.807) is 32.2 Å². The normalized spacial score (nSPS) is 19.1.